The summed E-state index contributed by atoms with van der Waals surface area (Å²) in [6, 6.07) is 0. The molecule has 13 nitrogen and oxygen atoms in total. The third-order valence-electron chi connectivity index (χ3n) is 9.27. The van der Waals surface area contributed by atoms with Gasteiger partial charge in [-0.3, -0.25) is 18.6 Å². The van der Waals surface area contributed by atoms with Crippen molar-refractivity contribution in [3.8, 4) is 0 Å². The average molecular weight is 786 g/mol. The molecule has 0 radical (unpaired) electrons. The predicted octanol–water partition coefficient (Wildman–Crippen LogP) is 7.19. The standard InChI is InChI=1S/C39H77O13P/c1-3-5-7-9-11-13-14-15-16-17-18-20-21-23-25-27-36(43)49-31-33(51-37(44)28-26-24-22-19-12-10-8-6-4-2)32-50-53(47,48)52-35(30-41)39(46)38(45)34(42)29-40/h33-35,38-42,45-46H,3-32H2,1-2H3,(H,47,48)/t33-,34-,35-,38-,39-/m1/s1/i31D/t31?,33-,34-,35-,38-,39-. The van der Waals surface area contributed by atoms with Crippen molar-refractivity contribution in [1.29, 1.82) is 0 Å². The molecule has 0 aliphatic heterocycles. The summed E-state index contributed by atoms with van der Waals surface area (Å²) < 4.78 is 41.3. The molecule has 7 atom stereocenters. The third-order valence-corrected chi connectivity index (χ3v) is 10.3. The molecule has 2 unspecified atom stereocenters. The molecule has 0 bridgehead atoms. The molecule has 0 aromatic heterocycles. The summed E-state index contributed by atoms with van der Waals surface area (Å²) in [4.78, 5) is 35.5. The number of carbonyl (C=O) groups excluding carboxylic acids is 2. The first-order valence-electron chi connectivity index (χ1n) is 21.2. The zero-order valence-corrected chi connectivity index (χ0v) is 33.9. The van der Waals surface area contributed by atoms with Crippen LogP contribution in [0.5, 0.6) is 0 Å². The molecule has 53 heavy (non-hydrogen) atoms. The Bertz CT molecular complexity index is 946. The Balaban J connectivity index is 4.86. The van der Waals surface area contributed by atoms with Crippen LogP contribution in [-0.4, -0.2) is 99.3 Å². The van der Waals surface area contributed by atoms with Gasteiger partial charge in [0.05, 0.1) is 21.2 Å². The Labute approximate surface area is 321 Å². The predicted molar refractivity (Wildman–Crippen MR) is 205 cm³/mol. The Hall–Kier alpha value is -1.15. The van der Waals surface area contributed by atoms with Crippen LogP contribution in [0.25, 0.3) is 0 Å². The van der Waals surface area contributed by atoms with Crippen LogP contribution in [0.3, 0.4) is 0 Å². The molecule has 316 valence electrons. The molecule has 0 saturated heterocycles. The summed E-state index contributed by atoms with van der Waals surface area (Å²) in [5.41, 5.74) is 0. The number of ether oxygens (including phenoxy) is 2. The minimum atomic E-state index is -5.15. The third kappa shape index (κ3) is 30.7. The topological polar surface area (TPSA) is 210 Å². The quantitative estimate of drug-likeness (QED) is 0.0207. The molecule has 0 fully saturated rings. The van der Waals surface area contributed by atoms with Crippen molar-refractivity contribution in [1.82, 2.24) is 0 Å². The Morgan fingerprint density at radius 3 is 1.40 bits per heavy atom. The maximum Gasteiger partial charge on any atom is 0.472 e. The number of phosphoric acid groups is 1. The van der Waals surface area contributed by atoms with E-state index in [1.165, 1.54) is 89.9 Å². The van der Waals surface area contributed by atoms with E-state index < -0.39 is 76.7 Å². The second-order valence-electron chi connectivity index (χ2n) is 14.3. The lowest BCUT2D eigenvalue weighted by molar-refractivity contribution is -0.161. The van der Waals surface area contributed by atoms with Gasteiger partial charge in [0.2, 0.25) is 0 Å². The van der Waals surface area contributed by atoms with Crippen LogP contribution in [0.2, 0.25) is 0 Å². The van der Waals surface area contributed by atoms with Crippen LogP contribution in [0, 0.1) is 0 Å². The first-order chi connectivity index (χ1) is 25.9. The second-order valence-corrected chi connectivity index (χ2v) is 15.7. The van der Waals surface area contributed by atoms with Gasteiger partial charge in [-0.1, -0.05) is 155 Å². The molecule has 0 aromatic rings. The van der Waals surface area contributed by atoms with Crippen LogP contribution in [0.1, 0.15) is 182 Å². The molecule has 0 heterocycles. The van der Waals surface area contributed by atoms with E-state index in [1.54, 1.807) is 0 Å². The highest BCUT2D eigenvalue weighted by Crippen LogP contribution is 2.45. The summed E-state index contributed by atoms with van der Waals surface area (Å²) in [7, 11) is -5.15. The molecule has 0 saturated carbocycles. The van der Waals surface area contributed by atoms with Gasteiger partial charge in [-0.2, -0.15) is 0 Å². The first kappa shape index (κ1) is 49.9. The number of carbonyl (C=O) groups is 2. The average Bonchev–Trinajstić information content (AvgIpc) is 3.15. The largest absolute Gasteiger partial charge is 0.472 e. The van der Waals surface area contributed by atoms with Crippen LogP contribution in [0.15, 0.2) is 0 Å². The fourth-order valence-corrected chi connectivity index (χ4v) is 6.82. The van der Waals surface area contributed by atoms with E-state index >= 15 is 0 Å². The highest BCUT2D eigenvalue weighted by atomic mass is 31.2. The molecular formula is C39H77O13P. The number of hydrogen-bond donors (Lipinski definition) is 6. The van der Waals surface area contributed by atoms with Crippen molar-refractivity contribution in [2.24, 2.45) is 0 Å². The Morgan fingerprint density at radius 2 is 1.00 bits per heavy atom. The van der Waals surface area contributed by atoms with Gasteiger partial charge < -0.3 is 39.9 Å². The summed E-state index contributed by atoms with van der Waals surface area (Å²) in [5.74, 6) is -1.39. The minimum Gasteiger partial charge on any atom is -0.462 e. The van der Waals surface area contributed by atoms with Crippen molar-refractivity contribution < 1.29 is 64.5 Å². The summed E-state index contributed by atoms with van der Waals surface area (Å²) in [6.45, 7) is -0.329. The SMILES string of the molecule is [2H]C(OC(=O)CCCCCCCCCCCCCCCCC)[C@H](COP(=O)(O)O[C@H](CO)[C@@H](O)[C@H](O)[C@H](O)CO)OC(=O)CCCCCCCCCCC. The summed E-state index contributed by atoms with van der Waals surface area (Å²) >= 11 is 0. The number of hydrogen-bond acceptors (Lipinski definition) is 12. The zero-order valence-electron chi connectivity index (χ0n) is 34.0. The first-order valence-corrected chi connectivity index (χ1v) is 22.1. The van der Waals surface area contributed by atoms with Gasteiger partial charge in [-0.15, -0.1) is 0 Å². The molecule has 0 aliphatic carbocycles. The van der Waals surface area contributed by atoms with E-state index in [9.17, 15) is 39.5 Å². The number of aliphatic hydroxyl groups excluding tert-OH is 5. The van der Waals surface area contributed by atoms with Crippen molar-refractivity contribution in [3.63, 3.8) is 0 Å². The van der Waals surface area contributed by atoms with Crippen molar-refractivity contribution in [2.75, 3.05) is 26.4 Å². The lowest BCUT2D eigenvalue weighted by Gasteiger charge is -2.28. The number of esters is 2. The molecule has 14 heteroatoms. The monoisotopic (exact) mass is 786 g/mol. The second kappa shape index (κ2) is 35.3. The Kier molecular flexibility index (Phi) is 33.2. The molecule has 6 N–H and O–H groups in total. The lowest BCUT2D eigenvalue weighted by atomic mass is 10.0. The lowest BCUT2D eigenvalue weighted by Crippen LogP contribution is -2.47. The maximum absolute atomic E-state index is 12.7. The normalized spacial score (nSPS) is 16.6. The molecule has 0 spiro atoms. The highest BCUT2D eigenvalue weighted by molar-refractivity contribution is 7.47. The number of unbranched alkanes of at least 4 members (excludes halogenated alkanes) is 22. The van der Waals surface area contributed by atoms with E-state index in [1.807, 2.05) is 0 Å². The van der Waals surface area contributed by atoms with E-state index in [-0.39, 0.29) is 12.8 Å². The Morgan fingerprint density at radius 1 is 0.604 bits per heavy atom. The molecule has 0 aromatic carbocycles. The van der Waals surface area contributed by atoms with E-state index in [2.05, 4.69) is 13.8 Å². The van der Waals surface area contributed by atoms with E-state index in [0.717, 1.165) is 51.4 Å². The van der Waals surface area contributed by atoms with Crippen LogP contribution < -0.4 is 0 Å². The van der Waals surface area contributed by atoms with Crippen LogP contribution in [-0.2, 0) is 32.7 Å². The smallest absolute Gasteiger partial charge is 0.462 e. The van der Waals surface area contributed by atoms with E-state index in [0.29, 0.717) is 12.8 Å². The highest BCUT2D eigenvalue weighted by Gasteiger charge is 2.37. The van der Waals surface area contributed by atoms with Gasteiger partial charge in [0.1, 0.15) is 31.0 Å². The van der Waals surface area contributed by atoms with Gasteiger partial charge in [-0.05, 0) is 12.8 Å². The molecular weight excluding hydrogens is 707 g/mol. The molecule has 0 amide bonds. The van der Waals surface area contributed by atoms with Crippen LogP contribution in [0.4, 0.5) is 0 Å². The summed E-state index contributed by atoms with van der Waals surface area (Å²) in [5, 5.41) is 48.2. The van der Waals surface area contributed by atoms with Gasteiger partial charge >= 0.3 is 19.8 Å². The van der Waals surface area contributed by atoms with Crippen molar-refractivity contribution >= 4 is 19.8 Å². The van der Waals surface area contributed by atoms with Gasteiger partial charge in [-0.25, -0.2) is 4.57 Å². The minimum absolute atomic E-state index is 0.0171. The van der Waals surface area contributed by atoms with E-state index in [4.69, 9.17) is 25.0 Å². The van der Waals surface area contributed by atoms with Crippen LogP contribution >= 0.6 is 7.82 Å². The van der Waals surface area contributed by atoms with Crippen molar-refractivity contribution in [3.05, 3.63) is 0 Å². The fraction of sp³-hybridized carbons (Fsp3) is 0.949. The maximum atomic E-state index is 12.7. The zero-order chi connectivity index (χ0) is 40.5. The van der Waals surface area contributed by atoms with Crippen molar-refractivity contribution in [2.45, 2.75) is 211 Å². The summed E-state index contributed by atoms with van der Waals surface area (Å²) in [6.07, 6.45) is 17.5. The number of aliphatic hydroxyl groups is 5. The number of phosphoric ester groups is 1. The number of rotatable bonds is 39. The molecule has 0 aliphatic rings. The molecule has 0 rings (SSSR count). The fourth-order valence-electron chi connectivity index (χ4n) is 5.89. The van der Waals surface area contributed by atoms with Gasteiger partial charge in [0, 0.05) is 12.8 Å². The van der Waals surface area contributed by atoms with Gasteiger partial charge in [0.15, 0.2) is 6.10 Å². The van der Waals surface area contributed by atoms with Gasteiger partial charge in [0.25, 0.3) is 0 Å².